The molecule has 0 aliphatic carbocycles. The van der Waals surface area contributed by atoms with Crippen LogP contribution in [0.4, 0.5) is 0 Å². The monoisotopic (exact) mass is 274 g/mol. The van der Waals surface area contributed by atoms with Gasteiger partial charge in [0.25, 0.3) is 0 Å². The molecule has 0 saturated carbocycles. The second-order valence-electron chi connectivity index (χ2n) is 4.54. The largest absolute Gasteiger partial charge is 0.481 e. The van der Waals surface area contributed by atoms with E-state index in [9.17, 15) is 9.59 Å². The van der Waals surface area contributed by atoms with Crippen LogP contribution in [0, 0.1) is 0 Å². The SMILES string of the molecule is O=CCCCCCCCSCCCCCC(=O)O. The van der Waals surface area contributed by atoms with E-state index in [2.05, 4.69) is 0 Å². The molecule has 0 radical (unpaired) electrons. The zero-order valence-corrected chi connectivity index (χ0v) is 12.1. The van der Waals surface area contributed by atoms with Gasteiger partial charge in [-0.1, -0.05) is 25.7 Å². The lowest BCUT2D eigenvalue weighted by atomic mass is 10.1. The van der Waals surface area contributed by atoms with Crippen LogP contribution in [0.1, 0.15) is 64.2 Å². The quantitative estimate of drug-likeness (QED) is 0.385. The molecule has 0 amide bonds. The zero-order chi connectivity index (χ0) is 13.5. The van der Waals surface area contributed by atoms with Gasteiger partial charge in [0, 0.05) is 12.8 Å². The third kappa shape index (κ3) is 15.5. The Hall–Kier alpha value is -0.510. The van der Waals surface area contributed by atoms with Gasteiger partial charge in [0.05, 0.1) is 0 Å². The molecule has 106 valence electrons. The van der Waals surface area contributed by atoms with Gasteiger partial charge in [-0.25, -0.2) is 0 Å². The third-order valence-corrected chi connectivity index (χ3v) is 3.94. The van der Waals surface area contributed by atoms with Gasteiger partial charge < -0.3 is 9.90 Å². The molecule has 0 atom stereocenters. The summed E-state index contributed by atoms with van der Waals surface area (Å²) in [6.45, 7) is 0. The lowest BCUT2D eigenvalue weighted by Gasteiger charge is -2.02. The molecule has 0 rings (SSSR count). The minimum atomic E-state index is -0.683. The van der Waals surface area contributed by atoms with Crippen molar-refractivity contribution in [2.24, 2.45) is 0 Å². The smallest absolute Gasteiger partial charge is 0.303 e. The standard InChI is InChI=1S/C14H26O3S/c15-11-7-3-1-2-4-8-12-18-13-9-5-6-10-14(16)17/h11H,1-10,12-13H2,(H,16,17). The lowest BCUT2D eigenvalue weighted by Crippen LogP contribution is -1.94. The van der Waals surface area contributed by atoms with Crippen LogP contribution in [-0.2, 0) is 9.59 Å². The molecule has 0 fully saturated rings. The predicted octanol–water partition coefficient (Wildman–Crippen LogP) is 3.90. The first-order chi connectivity index (χ1) is 8.77. The Morgan fingerprint density at radius 3 is 2.06 bits per heavy atom. The summed E-state index contributed by atoms with van der Waals surface area (Å²) in [4.78, 5) is 20.4. The fraction of sp³-hybridized carbons (Fsp3) is 0.857. The molecule has 1 N–H and O–H groups in total. The lowest BCUT2D eigenvalue weighted by molar-refractivity contribution is -0.137. The van der Waals surface area contributed by atoms with Crippen LogP contribution < -0.4 is 0 Å². The van der Waals surface area contributed by atoms with E-state index in [-0.39, 0.29) is 0 Å². The van der Waals surface area contributed by atoms with Gasteiger partial charge >= 0.3 is 5.97 Å². The van der Waals surface area contributed by atoms with E-state index in [1.807, 2.05) is 11.8 Å². The first-order valence-electron chi connectivity index (χ1n) is 7.00. The van der Waals surface area contributed by atoms with Crippen LogP contribution in [0.5, 0.6) is 0 Å². The van der Waals surface area contributed by atoms with Gasteiger partial charge in [0.2, 0.25) is 0 Å². The summed E-state index contributed by atoms with van der Waals surface area (Å²) < 4.78 is 0. The number of carbonyl (C=O) groups is 2. The third-order valence-electron chi connectivity index (χ3n) is 2.79. The average Bonchev–Trinajstić information content (AvgIpc) is 2.34. The summed E-state index contributed by atoms with van der Waals surface area (Å²) in [5, 5.41) is 8.47. The highest BCUT2D eigenvalue weighted by Crippen LogP contribution is 2.12. The molecule has 0 aromatic rings. The van der Waals surface area contributed by atoms with E-state index in [1.165, 1.54) is 31.4 Å². The number of carboxylic acids is 1. The van der Waals surface area contributed by atoms with Crippen molar-refractivity contribution in [1.82, 2.24) is 0 Å². The Labute approximate surface area is 115 Å². The maximum atomic E-state index is 10.3. The van der Waals surface area contributed by atoms with E-state index in [1.54, 1.807) is 0 Å². The molecule has 0 aromatic carbocycles. The Balaban J connectivity index is 2.94. The van der Waals surface area contributed by atoms with E-state index >= 15 is 0 Å². The zero-order valence-electron chi connectivity index (χ0n) is 11.2. The van der Waals surface area contributed by atoms with Crippen LogP contribution in [0.3, 0.4) is 0 Å². The van der Waals surface area contributed by atoms with Crippen LogP contribution >= 0.6 is 11.8 Å². The minimum absolute atomic E-state index is 0.311. The Kier molecular flexibility index (Phi) is 14.1. The van der Waals surface area contributed by atoms with Gasteiger partial charge in [0.15, 0.2) is 0 Å². The van der Waals surface area contributed by atoms with Crippen LogP contribution in [-0.4, -0.2) is 28.9 Å². The number of hydrogen-bond acceptors (Lipinski definition) is 3. The molecule has 0 spiro atoms. The second-order valence-corrected chi connectivity index (χ2v) is 5.76. The summed E-state index contributed by atoms with van der Waals surface area (Å²) in [6.07, 6.45) is 11.0. The highest BCUT2D eigenvalue weighted by Gasteiger charge is 1.96. The molecular weight excluding hydrogens is 248 g/mol. The summed E-state index contributed by atoms with van der Waals surface area (Å²) >= 11 is 1.98. The van der Waals surface area contributed by atoms with Crippen molar-refractivity contribution in [3.63, 3.8) is 0 Å². The molecule has 0 aliphatic rings. The number of rotatable bonds is 14. The number of carboxylic acid groups (broad SMARTS) is 1. The molecule has 0 heterocycles. The Morgan fingerprint density at radius 1 is 0.889 bits per heavy atom. The number of thioether (sulfide) groups is 1. The minimum Gasteiger partial charge on any atom is -0.481 e. The molecular formula is C14H26O3S. The van der Waals surface area contributed by atoms with E-state index in [4.69, 9.17) is 5.11 Å². The van der Waals surface area contributed by atoms with Crippen molar-refractivity contribution in [3.05, 3.63) is 0 Å². The number of aliphatic carboxylic acids is 1. The van der Waals surface area contributed by atoms with Crippen LogP contribution in [0.15, 0.2) is 0 Å². The van der Waals surface area contributed by atoms with Crippen molar-refractivity contribution < 1.29 is 14.7 Å². The maximum absolute atomic E-state index is 10.3. The first-order valence-corrected chi connectivity index (χ1v) is 8.16. The van der Waals surface area contributed by atoms with Gasteiger partial charge in [-0.3, -0.25) is 4.79 Å². The summed E-state index contributed by atoms with van der Waals surface area (Å²) in [5.41, 5.74) is 0. The van der Waals surface area contributed by atoms with Crippen molar-refractivity contribution >= 4 is 24.0 Å². The van der Waals surface area contributed by atoms with E-state index in [0.29, 0.717) is 12.8 Å². The summed E-state index contributed by atoms with van der Waals surface area (Å²) in [5.74, 6) is 1.69. The Morgan fingerprint density at radius 2 is 1.44 bits per heavy atom. The number of unbranched alkanes of at least 4 members (excludes halogenated alkanes) is 7. The molecule has 0 saturated heterocycles. The first kappa shape index (κ1) is 17.5. The second kappa shape index (κ2) is 14.6. The van der Waals surface area contributed by atoms with Gasteiger partial charge in [-0.15, -0.1) is 0 Å². The average molecular weight is 274 g/mol. The molecule has 3 nitrogen and oxygen atoms in total. The van der Waals surface area contributed by atoms with Crippen molar-refractivity contribution in [1.29, 1.82) is 0 Å². The number of hydrogen-bond donors (Lipinski definition) is 1. The van der Waals surface area contributed by atoms with Gasteiger partial charge in [-0.05, 0) is 37.2 Å². The molecule has 0 bridgehead atoms. The number of aldehydes is 1. The molecule has 0 aliphatic heterocycles. The van der Waals surface area contributed by atoms with Crippen molar-refractivity contribution in [2.75, 3.05) is 11.5 Å². The van der Waals surface area contributed by atoms with E-state index in [0.717, 1.165) is 37.7 Å². The molecule has 0 aromatic heterocycles. The van der Waals surface area contributed by atoms with Gasteiger partial charge in [0.1, 0.15) is 6.29 Å². The molecule has 0 unspecified atom stereocenters. The Bertz CT molecular complexity index is 207. The van der Waals surface area contributed by atoms with Crippen molar-refractivity contribution in [3.8, 4) is 0 Å². The topological polar surface area (TPSA) is 54.4 Å². The highest BCUT2D eigenvalue weighted by molar-refractivity contribution is 7.99. The van der Waals surface area contributed by atoms with Crippen molar-refractivity contribution in [2.45, 2.75) is 64.2 Å². The highest BCUT2D eigenvalue weighted by atomic mass is 32.2. The molecule has 4 heteroatoms. The van der Waals surface area contributed by atoms with Gasteiger partial charge in [-0.2, -0.15) is 11.8 Å². The fourth-order valence-electron chi connectivity index (χ4n) is 1.72. The predicted molar refractivity (Wildman–Crippen MR) is 77.2 cm³/mol. The molecule has 18 heavy (non-hydrogen) atoms. The summed E-state index contributed by atoms with van der Waals surface area (Å²) in [6, 6.07) is 0. The summed E-state index contributed by atoms with van der Waals surface area (Å²) in [7, 11) is 0. The van der Waals surface area contributed by atoms with E-state index < -0.39 is 5.97 Å². The van der Waals surface area contributed by atoms with Crippen LogP contribution in [0.2, 0.25) is 0 Å². The normalized spacial score (nSPS) is 10.4. The van der Waals surface area contributed by atoms with Crippen LogP contribution in [0.25, 0.3) is 0 Å². The maximum Gasteiger partial charge on any atom is 0.303 e. The number of carbonyl (C=O) groups excluding carboxylic acids is 1. The fourth-order valence-corrected chi connectivity index (χ4v) is 2.74.